The highest BCUT2D eigenvalue weighted by Gasteiger charge is 2.22. The van der Waals surface area contributed by atoms with Crippen molar-refractivity contribution in [2.75, 3.05) is 30.9 Å². The predicted molar refractivity (Wildman–Crippen MR) is 114 cm³/mol. The van der Waals surface area contributed by atoms with Gasteiger partial charge in [-0.3, -0.25) is 4.79 Å². The molecule has 6 heteroatoms. The van der Waals surface area contributed by atoms with E-state index in [0.29, 0.717) is 12.0 Å². The summed E-state index contributed by atoms with van der Waals surface area (Å²) in [7, 11) is 3.98. The Hall–Kier alpha value is -2.63. The van der Waals surface area contributed by atoms with Crippen LogP contribution in [-0.2, 0) is 0 Å². The number of aromatic nitrogens is 2. The van der Waals surface area contributed by atoms with E-state index in [-0.39, 0.29) is 5.91 Å². The van der Waals surface area contributed by atoms with Crippen LogP contribution in [0.5, 0.6) is 0 Å². The third-order valence-electron chi connectivity index (χ3n) is 5.31. The third-order valence-corrected chi connectivity index (χ3v) is 5.31. The second-order valence-electron chi connectivity index (χ2n) is 7.99. The van der Waals surface area contributed by atoms with Gasteiger partial charge in [0.15, 0.2) is 0 Å². The SMILES string of the molecule is Cc1cccc(C(=O)NCC2CCC(Nc3cc(N(C)C)nc(C)n3)CC2)c1. The summed E-state index contributed by atoms with van der Waals surface area (Å²) >= 11 is 0. The van der Waals surface area contributed by atoms with Crippen LogP contribution < -0.4 is 15.5 Å². The van der Waals surface area contributed by atoms with Crippen molar-refractivity contribution in [3.05, 3.63) is 47.3 Å². The van der Waals surface area contributed by atoms with Gasteiger partial charge in [-0.05, 0) is 57.6 Å². The number of hydrogen-bond acceptors (Lipinski definition) is 5. The number of carbonyl (C=O) groups is 1. The van der Waals surface area contributed by atoms with E-state index in [0.717, 1.165) is 60.8 Å². The molecule has 0 spiro atoms. The van der Waals surface area contributed by atoms with Gasteiger partial charge in [0.05, 0.1) is 0 Å². The largest absolute Gasteiger partial charge is 0.367 e. The minimum Gasteiger partial charge on any atom is -0.367 e. The van der Waals surface area contributed by atoms with E-state index in [1.165, 1.54) is 0 Å². The summed E-state index contributed by atoms with van der Waals surface area (Å²) in [5, 5.41) is 6.67. The lowest BCUT2D eigenvalue weighted by molar-refractivity contribution is 0.0943. The maximum atomic E-state index is 12.3. The van der Waals surface area contributed by atoms with Crippen molar-refractivity contribution in [1.29, 1.82) is 0 Å². The molecule has 0 saturated heterocycles. The van der Waals surface area contributed by atoms with Gasteiger partial charge in [0.25, 0.3) is 5.91 Å². The van der Waals surface area contributed by atoms with Gasteiger partial charge in [0.2, 0.25) is 0 Å². The highest BCUT2D eigenvalue weighted by atomic mass is 16.1. The summed E-state index contributed by atoms with van der Waals surface area (Å²) < 4.78 is 0. The van der Waals surface area contributed by atoms with Crippen molar-refractivity contribution >= 4 is 17.5 Å². The van der Waals surface area contributed by atoms with Gasteiger partial charge >= 0.3 is 0 Å². The fraction of sp³-hybridized carbons (Fsp3) is 0.500. The first-order valence-corrected chi connectivity index (χ1v) is 10.0. The second kappa shape index (κ2) is 9.04. The molecule has 1 fully saturated rings. The van der Waals surface area contributed by atoms with Crippen LogP contribution in [0.1, 0.15) is 47.4 Å². The van der Waals surface area contributed by atoms with Crippen LogP contribution in [0.4, 0.5) is 11.6 Å². The Balaban J connectivity index is 1.46. The minimum atomic E-state index is 0.0247. The number of hydrogen-bond donors (Lipinski definition) is 2. The van der Waals surface area contributed by atoms with Gasteiger partial charge in [-0.2, -0.15) is 0 Å². The quantitative estimate of drug-likeness (QED) is 0.801. The molecule has 28 heavy (non-hydrogen) atoms. The summed E-state index contributed by atoms with van der Waals surface area (Å²) in [5.41, 5.74) is 1.85. The van der Waals surface area contributed by atoms with E-state index >= 15 is 0 Å². The zero-order chi connectivity index (χ0) is 20.1. The molecule has 2 aromatic rings. The minimum absolute atomic E-state index is 0.0247. The predicted octanol–water partition coefficient (Wildman–Crippen LogP) is 3.56. The number of rotatable bonds is 6. The number of amides is 1. The molecule has 1 aromatic carbocycles. The Morgan fingerprint density at radius 1 is 1.11 bits per heavy atom. The molecular formula is C22H31N5O. The molecule has 1 amide bonds. The Morgan fingerprint density at radius 2 is 1.86 bits per heavy atom. The van der Waals surface area contributed by atoms with Crippen molar-refractivity contribution in [2.24, 2.45) is 5.92 Å². The fourth-order valence-electron chi connectivity index (χ4n) is 3.70. The summed E-state index contributed by atoms with van der Waals surface area (Å²) in [6, 6.07) is 10.2. The van der Waals surface area contributed by atoms with Gasteiger partial charge in [-0.15, -0.1) is 0 Å². The van der Waals surface area contributed by atoms with E-state index in [1.54, 1.807) is 0 Å². The molecule has 0 bridgehead atoms. The fourth-order valence-corrected chi connectivity index (χ4v) is 3.70. The van der Waals surface area contributed by atoms with E-state index in [1.807, 2.05) is 63.2 Å². The standard InChI is InChI=1S/C22H31N5O/c1-15-6-5-7-18(12-15)22(28)23-14-17-8-10-19(11-9-17)26-20-13-21(27(3)4)25-16(2)24-20/h5-7,12-13,17,19H,8-11,14H2,1-4H3,(H,23,28)(H,24,25,26). The van der Waals surface area contributed by atoms with Crippen LogP contribution in [0.2, 0.25) is 0 Å². The highest BCUT2D eigenvalue weighted by Crippen LogP contribution is 2.26. The molecule has 1 aliphatic rings. The van der Waals surface area contributed by atoms with Gasteiger partial charge in [0.1, 0.15) is 17.5 Å². The van der Waals surface area contributed by atoms with E-state index < -0.39 is 0 Å². The van der Waals surface area contributed by atoms with Crippen LogP contribution in [0.3, 0.4) is 0 Å². The van der Waals surface area contributed by atoms with Crippen molar-refractivity contribution in [3.8, 4) is 0 Å². The number of nitrogens with one attached hydrogen (secondary N) is 2. The Labute approximate surface area is 167 Å². The first-order chi connectivity index (χ1) is 13.4. The van der Waals surface area contributed by atoms with Crippen LogP contribution >= 0.6 is 0 Å². The maximum Gasteiger partial charge on any atom is 0.251 e. The first kappa shape index (κ1) is 20.1. The monoisotopic (exact) mass is 381 g/mol. The lowest BCUT2D eigenvalue weighted by Gasteiger charge is -2.29. The van der Waals surface area contributed by atoms with Crippen molar-refractivity contribution in [3.63, 3.8) is 0 Å². The lowest BCUT2D eigenvalue weighted by atomic mass is 9.86. The zero-order valence-electron chi connectivity index (χ0n) is 17.3. The molecule has 1 aromatic heterocycles. The Morgan fingerprint density at radius 3 is 2.54 bits per heavy atom. The summed E-state index contributed by atoms with van der Waals surface area (Å²) in [5.74, 6) is 3.16. The molecule has 0 radical (unpaired) electrons. The van der Waals surface area contributed by atoms with Crippen LogP contribution in [0, 0.1) is 19.8 Å². The molecule has 1 heterocycles. The second-order valence-corrected chi connectivity index (χ2v) is 7.99. The highest BCUT2D eigenvalue weighted by molar-refractivity contribution is 5.94. The summed E-state index contributed by atoms with van der Waals surface area (Å²) in [6.45, 7) is 4.68. The van der Waals surface area contributed by atoms with E-state index in [4.69, 9.17) is 0 Å². The molecule has 1 aliphatic carbocycles. The average molecular weight is 382 g/mol. The van der Waals surface area contributed by atoms with Gasteiger partial charge in [-0.25, -0.2) is 9.97 Å². The number of aryl methyl sites for hydroxylation is 2. The number of anilines is 2. The van der Waals surface area contributed by atoms with E-state index in [2.05, 4.69) is 20.6 Å². The zero-order valence-corrected chi connectivity index (χ0v) is 17.3. The first-order valence-electron chi connectivity index (χ1n) is 10.0. The molecule has 6 nitrogen and oxygen atoms in total. The Bertz CT molecular complexity index is 812. The molecule has 2 N–H and O–H groups in total. The normalized spacial score (nSPS) is 19.1. The maximum absolute atomic E-state index is 12.3. The molecule has 150 valence electrons. The molecule has 0 atom stereocenters. The molecular weight excluding hydrogens is 350 g/mol. The van der Waals surface area contributed by atoms with Gasteiger partial charge in [0, 0.05) is 38.3 Å². The average Bonchev–Trinajstić information content (AvgIpc) is 2.66. The topological polar surface area (TPSA) is 70.2 Å². The Kier molecular flexibility index (Phi) is 6.49. The van der Waals surface area contributed by atoms with E-state index in [9.17, 15) is 4.79 Å². The van der Waals surface area contributed by atoms with Crippen molar-refractivity contribution in [1.82, 2.24) is 15.3 Å². The summed E-state index contributed by atoms with van der Waals surface area (Å²) in [6.07, 6.45) is 4.39. The van der Waals surface area contributed by atoms with Crippen LogP contribution in [0.15, 0.2) is 30.3 Å². The smallest absolute Gasteiger partial charge is 0.251 e. The summed E-state index contributed by atoms with van der Waals surface area (Å²) in [4.78, 5) is 23.3. The molecule has 0 aliphatic heterocycles. The number of carbonyl (C=O) groups excluding carboxylic acids is 1. The molecule has 3 rings (SSSR count). The number of nitrogens with zero attached hydrogens (tertiary/aromatic N) is 3. The number of benzene rings is 1. The van der Waals surface area contributed by atoms with Crippen molar-refractivity contribution < 1.29 is 4.79 Å². The van der Waals surface area contributed by atoms with Gasteiger partial charge in [-0.1, -0.05) is 17.7 Å². The molecule has 0 unspecified atom stereocenters. The van der Waals surface area contributed by atoms with Crippen LogP contribution in [0.25, 0.3) is 0 Å². The third kappa shape index (κ3) is 5.44. The van der Waals surface area contributed by atoms with Crippen molar-refractivity contribution in [2.45, 2.75) is 45.6 Å². The lowest BCUT2D eigenvalue weighted by Crippen LogP contribution is -2.34. The van der Waals surface area contributed by atoms with Gasteiger partial charge < -0.3 is 15.5 Å². The van der Waals surface area contributed by atoms with Crippen LogP contribution in [-0.4, -0.2) is 42.6 Å². The molecule has 1 saturated carbocycles.